The van der Waals surface area contributed by atoms with Crippen LogP contribution in [0.1, 0.15) is 51.0 Å². The zero-order valence-corrected chi connectivity index (χ0v) is 16.2. The minimum Gasteiger partial charge on any atom is -0.497 e. The van der Waals surface area contributed by atoms with E-state index in [1.165, 1.54) is 19.3 Å². The summed E-state index contributed by atoms with van der Waals surface area (Å²) in [5.74, 6) is 1.12. The highest BCUT2D eigenvalue weighted by Crippen LogP contribution is 2.15. The van der Waals surface area contributed by atoms with Gasteiger partial charge in [-0.15, -0.1) is 0 Å². The molecule has 2 amide bonds. The highest BCUT2D eigenvalue weighted by molar-refractivity contribution is 5.80. The standard InChI is InChI=1S/C21H32N2O3/c1-3-4-5-6-7-11-20(24)22-12-14-23(15-13-22)21(25)17-18-9-8-10-19(16-18)26-2/h8-10,16H,3-7,11-15,17H2,1-2H3. The van der Waals surface area contributed by atoms with Crippen LogP contribution >= 0.6 is 0 Å². The van der Waals surface area contributed by atoms with Crippen LogP contribution in [0.15, 0.2) is 24.3 Å². The van der Waals surface area contributed by atoms with Gasteiger partial charge in [0.15, 0.2) is 0 Å². The lowest BCUT2D eigenvalue weighted by molar-refractivity contribution is -0.139. The lowest BCUT2D eigenvalue weighted by Gasteiger charge is -2.35. The van der Waals surface area contributed by atoms with Crippen molar-refractivity contribution in [1.82, 2.24) is 9.80 Å². The zero-order valence-electron chi connectivity index (χ0n) is 16.2. The number of hydrogen-bond donors (Lipinski definition) is 0. The number of benzene rings is 1. The number of piperazine rings is 1. The summed E-state index contributed by atoms with van der Waals surface area (Å²) in [7, 11) is 1.63. The Hall–Kier alpha value is -2.04. The molecule has 0 saturated carbocycles. The van der Waals surface area contributed by atoms with Gasteiger partial charge in [0.2, 0.25) is 11.8 Å². The van der Waals surface area contributed by atoms with E-state index in [4.69, 9.17) is 4.74 Å². The van der Waals surface area contributed by atoms with Gasteiger partial charge in [0.25, 0.3) is 0 Å². The monoisotopic (exact) mass is 360 g/mol. The van der Waals surface area contributed by atoms with Crippen LogP contribution in [0.3, 0.4) is 0 Å². The first kappa shape index (κ1) is 20.3. The number of nitrogens with zero attached hydrogens (tertiary/aromatic N) is 2. The van der Waals surface area contributed by atoms with Crippen molar-refractivity contribution in [2.75, 3.05) is 33.3 Å². The van der Waals surface area contributed by atoms with Crippen LogP contribution in [0.2, 0.25) is 0 Å². The lowest BCUT2D eigenvalue weighted by Crippen LogP contribution is -2.50. The topological polar surface area (TPSA) is 49.9 Å². The predicted octanol–water partition coefficient (Wildman–Crippen LogP) is 3.27. The Morgan fingerprint density at radius 3 is 2.27 bits per heavy atom. The average molecular weight is 360 g/mol. The highest BCUT2D eigenvalue weighted by Gasteiger charge is 2.23. The SMILES string of the molecule is CCCCCCCC(=O)N1CCN(C(=O)Cc2cccc(OC)c2)CC1. The third kappa shape index (κ3) is 6.36. The van der Waals surface area contributed by atoms with Crippen LogP contribution in [0.25, 0.3) is 0 Å². The molecule has 26 heavy (non-hydrogen) atoms. The number of ether oxygens (including phenoxy) is 1. The van der Waals surface area contributed by atoms with E-state index in [0.29, 0.717) is 39.0 Å². The van der Waals surface area contributed by atoms with Crippen LogP contribution in [-0.4, -0.2) is 54.9 Å². The Morgan fingerprint density at radius 1 is 0.962 bits per heavy atom. The molecule has 1 aliphatic heterocycles. The van der Waals surface area contributed by atoms with Gasteiger partial charge in [0, 0.05) is 32.6 Å². The fourth-order valence-corrected chi connectivity index (χ4v) is 3.31. The maximum absolute atomic E-state index is 12.5. The third-order valence-corrected chi connectivity index (χ3v) is 4.97. The van der Waals surface area contributed by atoms with Crippen LogP contribution < -0.4 is 4.74 Å². The minimum absolute atomic E-state index is 0.116. The molecule has 1 heterocycles. The predicted molar refractivity (Wildman–Crippen MR) is 103 cm³/mol. The third-order valence-electron chi connectivity index (χ3n) is 4.97. The van der Waals surface area contributed by atoms with Crippen molar-refractivity contribution in [3.8, 4) is 5.75 Å². The molecule has 1 aromatic rings. The van der Waals surface area contributed by atoms with E-state index in [9.17, 15) is 9.59 Å². The van der Waals surface area contributed by atoms with Crippen molar-refractivity contribution in [2.24, 2.45) is 0 Å². The molecule has 1 aliphatic rings. The summed E-state index contributed by atoms with van der Waals surface area (Å²) >= 11 is 0. The van der Waals surface area contributed by atoms with Crippen molar-refractivity contribution in [1.29, 1.82) is 0 Å². The van der Waals surface area contributed by atoms with Crippen LogP contribution in [0.5, 0.6) is 5.75 Å². The van der Waals surface area contributed by atoms with Crippen molar-refractivity contribution in [3.05, 3.63) is 29.8 Å². The average Bonchev–Trinajstić information content (AvgIpc) is 2.68. The van der Waals surface area contributed by atoms with E-state index < -0.39 is 0 Å². The van der Waals surface area contributed by atoms with Gasteiger partial charge in [-0.3, -0.25) is 9.59 Å². The van der Waals surface area contributed by atoms with Gasteiger partial charge in [-0.1, -0.05) is 44.7 Å². The molecule has 144 valence electrons. The fraction of sp³-hybridized carbons (Fsp3) is 0.619. The van der Waals surface area contributed by atoms with Gasteiger partial charge in [0.05, 0.1) is 13.5 Å². The van der Waals surface area contributed by atoms with Crippen LogP contribution in [0.4, 0.5) is 0 Å². The second kappa shape index (κ2) is 10.8. The van der Waals surface area contributed by atoms with Gasteiger partial charge in [-0.25, -0.2) is 0 Å². The molecule has 0 N–H and O–H groups in total. The normalized spacial score (nSPS) is 14.4. The van der Waals surface area contributed by atoms with Gasteiger partial charge >= 0.3 is 0 Å². The van der Waals surface area contributed by atoms with Crippen molar-refractivity contribution < 1.29 is 14.3 Å². The van der Waals surface area contributed by atoms with Crippen molar-refractivity contribution in [2.45, 2.75) is 51.9 Å². The van der Waals surface area contributed by atoms with Crippen LogP contribution in [-0.2, 0) is 16.0 Å². The summed E-state index contributed by atoms with van der Waals surface area (Å²) in [5, 5.41) is 0. The maximum Gasteiger partial charge on any atom is 0.227 e. The first-order valence-electron chi connectivity index (χ1n) is 9.82. The molecule has 0 bridgehead atoms. The molecule has 0 unspecified atom stereocenters. The molecule has 2 rings (SSSR count). The first-order chi connectivity index (χ1) is 12.6. The molecule has 0 aromatic heterocycles. The summed E-state index contributed by atoms with van der Waals surface area (Å²) in [6.45, 7) is 4.75. The van der Waals surface area contributed by atoms with Crippen LogP contribution in [0, 0.1) is 0 Å². The summed E-state index contributed by atoms with van der Waals surface area (Å²) < 4.78 is 5.21. The van der Waals surface area contributed by atoms with Crippen molar-refractivity contribution in [3.63, 3.8) is 0 Å². The van der Waals surface area contributed by atoms with E-state index in [2.05, 4.69) is 6.92 Å². The Labute approximate surface area is 157 Å². The van der Waals surface area contributed by atoms with E-state index in [1.54, 1.807) is 7.11 Å². The number of methoxy groups -OCH3 is 1. The molecule has 0 spiro atoms. The van der Waals surface area contributed by atoms with E-state index in [0.717, 1.165) is 24.2 Å². The number of hydrogen-bond acceptors (Lipinski definition) is 3. The molecule has 0 atom stereocenters. The highest BCUT2D eigenvalue weighted by atomic mass is 16.5. The summed E-state index contributed by atoms with van der Waals surface area (Å²) in [6.07, 6.45) is 6.83. The largest absolute Gasteiger partial charge is 0.497 e. The summed E-state index contributed by atoms with van der Waals surface area (Å²) in [6, 6.07) is 7.62. The molecule has 0 radical (unpaired) electrons. The Balaban J connectivity index is 1.71. The Morgan fingerprint density at radius 2 is 1.62 bits per heavy atom. The molecule has 5 nitrogen and oxygen atoms in total. The number of carbonyl (C=O) groups is 2. The van der Waals surface area contributed by atoms with Crippen molar-refractivity contribution >= 4 is 11.8 Å². The molecular formula is C21H32N2O3. The molecule has 1 saturated heterocycles. The smallest absolute Gasteiger partial charge is 0.227 e. The summed E-state index contributed by atoms with van der Waals surface area (Å²) in [4.78, 5) is 28.6. The quantitative estimate of drug-likeness (QED) is 0.635. The number of rotatable bonds is 9. The van der Waals surface area contributed by atoms with Gasteiger partial charge in [0.1, 0.15) is 5.75 Å². The van der Waals surface area contributed by atoms with E-state index in [1.807, 2.05) is 34.1 Å². The zero-order chi connectivity index (χ0) is 18.8. The molecule has 0 aliphatic carbocycles. The first-order valence-corrected chi connectivity index (χ1v) is 9.82. The second-order valence-electron chi connectivity index (χ2n) is 6.95. The lowest BCUT2D eigenvalue weighted by atomic mass is 10.1. The number of unbranched alkanes of at least 4 members (excludes halogenated alkanes) is 4. The maximum atomic E-state index is 12.5. The molecule has 5 heteroatoms. The molecule has 1 aromatic carbocycles. The van der Waals surface area contributed by atoms with Gasteiger partial charge in [-0.05, 0) is 24.1 Å². The minimum atomic E-state index is 0.116. The number of amides is 2. The van der Waals surface area contributed by atoms with E-state index >= 15 is 0 Å². The van der Waals surface area contributed by atoms with Gasteiger partial charge in [-0.2, -0.15) is 0 Å². The Kier molecular flexibility index (Phi) is 8.45. The second-order valence-corrected chi connectivity index (χ2v) is 6.95. The fourth-order valence-electron chi connectivity index (χ4n) is 3.31. The molecular weight excluding hydrogens is 328 g/mol. The summed E-state index contributed by atoms with van der Waals surface area (Å²) in [5.41, 5.74) is 0.958. The Bertz CT molecular complexity index is 580. The number of carbonyl (C=O) groups excluding carboxylic acids is 2. The van der Waals surface area contributed by atoms with E-state index in [-0.39, 0.29) is 11.8 Å². The molecule has 1 fully saturated rings. The van der Waals surface area contributed by atoms with Gasteiger partial charge < -0.3 is 14.5 Å².